The predicted molar refractivity (Wildman–Crippen MR) is 82.3 cm³/mol. The Kier molecular flexibility index (Phi) is 3.83. The molecule has 0 amide bonds. The molecule has 0 radical (unpaired) electrons. The smallest absolute Gasteiger partial charge is 0.144 e. The molecule has 0 N–H and O–H groups in total. The van der Waals surface area contributed by atoms with Gasteiger partial charge >= 0.3 is 0 Å². The van der Waals surface area contributed by atoms with Gasteiger partial charge in [0.1, 0.15) is 11.6 Å². The lowest BCUT2D eigenvalue weighted by atomic mass is 10.2. The topological polar surface area (TPSA) is 30.7 Å². The Morgan fingerprint density at radius 1 is 1.29 bits per heavy atom. The number of imidazole rings is 1. The quantitative estimate of drug-likeness (QED) is 0.672. The second-order valence-electron chi connectivity index (χ2n) is 4.81. The highest BCUT2D eigenvalue weighted by molar-refractivity contribution is 6.31. The van der Waals surface area contributed by atoms with Crippen molar-refractivity contribution in [2.75, 3.05) is 0 Å². The summed E-state index contributed by atoms with van der Waals surface area (Å²) >= 11 is 11.8. The van der Waals surface area contributed by atoms with Crippen molar-refractivity contribution in [3.8, 4) is 0 Å². The van der Waals surface area contributed by atoms with E-state index in [1.54, 1.807) is 6.20 Å². The van der Waals surface area contributed by atoms with Crippen LogP contribution in [-0.4, -0.2) is 14.5 Å². The third-order valence-corrected chi connectivity index (χ3v) is 3.83. The van der Waals surface area contributed by atoms with E-state index in [1.807, 2.05) is 23.6 Å². The molecule has 0 aliphatic rings. The molecule has 21 heavy (non-hydrogen) atoms. The van der Waals surface area contributed by atoms with E-state index >= 15 is 0 Å². The van der Waals surface area contributed by atoms with Crippen molar-refractivity contribution in [2.24, 2.45) is 0 Å². The molecule has 1 aromatic carbocycles. The van der Waals surface area contributed by atoms with Crippen LogP contribution in [0.15, 0.2) is 30.5 Å². The van der Waals surface area contributed by atoms with E-state index in [-0.39, 0.29) is 10.9 Å². The largest absolute Gasteiger partial charge is 0.322 e. The van der Waals surface area contributed by atoms with E-state index in [1.165, 1.54) is 12.1 Å². The number of aromatic nitrogens is 3. The molecular formula is C15H12Cl2FN3. The van der Waals surface area contributed by atoms with Crippen LogP contribution in [0.2, 0.25) is 5.02 Å². The zero-order chi connectivity index (χ0) is 15.0. The number of fused-ring (bicyclic) bond motifs is 1. The highest BCUT2D eigenvalue weighted by atomic mass is 35.5. The van der Waals surface area contributed by atoms with Crippen LogP contribution in [0.1, 0.15) is 17.1 Å². The van der Waals surface area contributed by atoms with Crippen LogP contribution < -0.4 is 0 Å². The zero-order valence-electron chi connectivity index (χ0n) is 11.3. The molecule has 0 bridgehead atoms. The lowest BCUT2D eigenvalue weighted by Gasteiger charge is -2.08. The minimum atomic E-state index is -0.464. The van der Waals surface area contributed by atoms with Crippen LogP contribution in [0.3, 0.4) is 0 Å². The SMILES string of the molecule is Cc1ccc(Cn2c(CCl)nc3cc(Cl)c(F)cc32)cn1. The number of alkyl halides is 1. The van der Waals surface area contributed by atoms with Crippen molar-refractivity contribution in [2.45, 2.75) is 19.3 Å². The summed E-state index contributed by atoms with van der Waals surface area (Å²) in [4.78, 5) is 8.67. The average molecular weight is 324 g/mol. The summed E-state index contributed by atoms with van der Waals surface area (Å²) in [6, 6.07) is 6.83. The standard InChI is InChI=1S/C15H12Cl2FN3/c1-9-2-3-10(7-19-9)8-21-14-5-12(18)11(17)4-13(14)20-15(21)6-16/h2-5,7H,6,8H2,1H3. The van der Waals surface area contributed by atoms with E-state index in [4.69, 9.17) is 23.2 Å². The zero-order valence-corrected chi connectivity index (χ0v) is 12.8. The molecule has 0 saturated heterocycles. The number of nitrogens with zero attached hydrogens (tertiary/aromatic N) is 3. The van der Waals surface area contributed by atoms with Crippen molar-refractivity contribution >= 4 is 34.2 Å². The van der Waals surface area contributed by atoms with E-state index in [2.05, 4.69) is 9.97 Å². The van der Waals surface area contributed by atoms with Crippen LogP contribution in [0.5, 0.6) is 0 Å². The molecule has 6 heteroatoms. The molecule has 3 aromatic rings. The summed E-state index contributed by atoms with van der Waals surface area (Å²) < 4.78 is 15.6. The van der Waals surface area contributed by atoms with E-state index in [9.17, 15) is 4.39 Å². The molecule has 2 heterocycles. The predicted octanol–water partition coefficient (Wildman–Crippen LogP) is 4.32. The van der Waals surface area contributed by atoms with E-state index in [0.717, 1.165) is 11.3 Å². The van der Waals surface area contributed by atoms with Gasteiger partial charge in [-0.15, -0.1) is 11.6 Å². The van der Waals surface area contributed by atoms with Crippen LogP contribution in [0, 0.1) is 12.7 Å². The minimum Gasteiger partial charge on any atom is -0.322 e. The molecule has 108 valence electrons. The molecule has 3 nitrogen and oxygen atoms in total. The highest BCUT2D eigenvalue weighted by Gasteiger charge is 2.13. The maximum Gasteiger partial charge on any atom is 0.144 e. The summed E-state index contributed by atoms with van der Waals surface area (Å²) in [5.41, 5.74) is 3.26. The number of pyridine rings is 1. The number of benzene rings is 1. The summed E-state index contributed by atoms with van der Waals surface area (Å²) in [6.45, 7) is 2.46. The second kappa shape index (κ2) is 5.62. The summed E-state index contributed by atoms with van der Waals surface area (Å²) in [7, 11) is 0. The van der Waals surface area contributed by atoms with Gasteiger partial charge in [-0.25, -0.2) is 9.37 Å². The Balaban J connectivity index is 2.11. The Morgan fingerprint density at radius 3 is 2.76 bits per heavy atom. The number of hydrogen-bond acceptors (Lipinski definition) is 2. The molecule has 0 atom stereocenters. The van der Waals surface area contributed by atoms with Gasteiger partial charge in [0.05, 0.1) is 28.5 Å². The number of rotatable bonds is 3. The van der Waals surface area contributed by atoms with Gasteiger partial charge in [-0.2, -0.15) is 0 Å². The minimum absolute atomic E-state index is 0.0604. The fraction of sp³-hybridized carbons (Fsp3) is 0.200. The van der Waals surface area contributed by atoms with Gasteiger partial charge in [0.2, 0.25) is 0 Å². The van der Waals surface area contributed by atoms with Crippen molar-refractivity contribution in [3.63, 3.8) is 0 Å². The summed E-state index contributed by atoms with van der Waals surface area (Å²) in [5.74, 6) is 0.454. The van der Waals surface area contributed by atoms with Gasteiger partial charge in [-0.1, -0.05) is 17.7 Å². The van der Waals surface area contributed by atoms with Crippen LogP contribution in [0.4, 0.5) is 4.39 Å². The van der Waals surface area contributed by atoms with Gasteiger partial charge in [0, 0.05) is 18.0 Å². The number of halogens is 3. The van der Waals surface area contributed by atoms with Crippen LogP contribution >= 0.6 is 23.2 Å². The first-order chi connectivity index (χ1) is 10.1. The van der Waals surface area contributed by atoms with Crippen LogP contribution in [0.25, 0.3) is 11.0 Å². The van der Waals surface area contributed by atoms with Gasteiger partial charge in [-0.05, 0) is 24.6 Å². The Labute approximate surface area is 131 Å². The third kappa shape index (κ3) is 2.74. The first kappa shape index (κ1) is 14.3. The third-order valence-electron chi connectivity index (χ3n) is 3.30. The van der Waals surface area contributed by atoms with Crippen molar-refractivity contribution in [1.29, 1.82) is 0 Å². The number of hydrogen-bond donors (Lipinski definition) is 0. The maximum absolute atomic E-state index is 13.7. The molecular weight excluding hydrogens is 312 g/mol. The maximum atomic E-state index is 13.7. The molecule has 0 spiro atoms. The molecule has 0 saturated carbocycles. The summed E-state index contributed by atoms with van der Waals surface area (Å²) in [5, 5.41) is 0.0604. The van der Waals surface area contributed by atoms with Crippen molar-refractivity contribution < 1.29 is 4.39 Å². The molecule has 3 rings (SSSR count). The average Bonchev–Trinajstić information content (AvgIpc) is 2.79. The van der Waals surface area contributed by atoms with Gasteiger partial charge in [0.15, 0.2) is 0 Å². The van der Waals surface area contributed by atoms with E-state index < -0.39 is 5.82 Å². The van der Waals surface area contributed by atoms with Crippen molar-refractivity contribution in [1.82, 2.24) is 14.5 Å². The fourth-order valence-electron chi connectivity index (χ4n) is 2.22. The van der Waals surface area contributed by atoms with Gasteiger partial charge in [-0.3, -0.25) is 4.98 Å². The van der Waals surface area contributed by atoms with Gasteiger partial charge in [0.25, 0.3) is 0 Å². The second-order valence-corrected chi connectivity index (χ2v) is 5.49. The number of aryl methyl sites for hydroxylation is 1. The molecule has 0 aliphatic heterocycles. The highest BCUT2D eigenvalue weighted by Crippen LogP contribution is 2.25. The lowest BCUT2D eigenvalue weighted by molar-refractivity contribution is 0.628. The first-order valence-corrected chi connectivity index (χ1v) is 7.31. The Bertz CT molecular complexity index is 797. The fourth-order valence-corrected chi connectivity index (χ4v) is 2.58. The Morgan fingerprint density at radius 2 is 2.10 bits per heavy atom. The Hall–Kier alpha value is -1.65. The summed E-state index contributed by atoms with van der Waals surface area (Å²) in [6.07, 6.45) is 1.80. The molecule has 0 fully saturated rings. The van der Waals surface area contributed by atoms with Gasteiger partial charge < -0.3 is 4.57 Å². The first-order valence-electron chi connectivity index (χ1n) is 6.40. The van der Waals surface area contributed by atoms with E-state index in [0.29, 0.717) is 23.4 Å². The van der Waals surface area contributed by atoms with Crippen LogP contribution in [-0.2, 0) is 12.4 Å². The normalized spacial score (nSPS) is 11.2. The van der Waals surface area contributed by atoms with Crippen molar-refractivity contribution in [3.05, 3.63) is 58.4 Å². The molecule has 0 aliphatic carbocycles. The molecule has 0 unspecified atom stereocenters. The lowest BCUT2D eigenvalue weighted by Crippen LogP contribution is -2.04. The monoisotopic (exact) mass is 323 g/mol. The molecule has 2 aromatic heterocycles.